The van der Waals surface area contributed by atoms with E-state index in [0.29, 0.717) is 6.42 Å². The number of aryl methyl sites for hydroxylation is 1. The standard InChI is InChI=1S/C16H19NO2/c1-13-10-14(6-2-5-9-18)12-15(11-13)16(19)17-7-3-4-8-17/h10-12,18H,3-5,7-9H2,1H3. The predicted octanol–water partition coefficient (Wildman–Crippen LogP) is 1.96. The third-order valence-electron chi connectivity index (χ3n) is 3.19. The van der Waals surface area contributed by atoms with Crippen LogP contribution in [0.25, 0.3) is 0 Å². The molecule has 0 bridgehead atoms. The van der Waals surface area contributed by atoms with Crippen LogP contribution in [-0.2, 0) is 0 Å². The van der Waals surface area contributed by atoms with E-state index in [1.807, 2.05) is 30.0 Å². The van der Waals surface area contributed by atoms with Gasteiger partial charge in [-0.25, -0.2) is 0 Å². The molecule has 1 aromatic carbocycles. The van der Waals surface area contributed by atoms with E-state index in [2.05, 4.69) is 11.8 Å². The Morgan fingerprint density at radius 3 is 2.74 bits per heavy atom. The summed E-state index contributed by atoms with van der Waals surface area (Å²) in [6.45, 7) is 3.76. The Morgan fingerprint density at radius 1 is 1.32 bits per heavy atom. The van der Waals surface area contributed by atoms with Crippen molar-refractivity contribution in [2.45, 2.75) is 26.2 Å². The van der Waals surface area contributed by atoms with Crippen LogP contribution in [0.3, 0.4) is 0 Å². The van der Waals surface area contributed by atoms with Crippen molar-refractivity contribution in [2.24, 2.45) is 0 Å². The molecular formula is C16H19NO2. The Hall–Kier alpha value is -1.79. The summed E-state index contributed by atoms with van der Waals surface area (Å²) in [5.41, 5.74) is 2.60. The lowest BCUT2D eigenvalue weighted by Gasteiger charge is -2.15. The molecule has 19 heavy (non-hydrogen) atoms. The molecule has 1 saturated heterocycles. The third-order valence-corrected chi connectivity index (χ3v) is 3.19. The zero-order valence-electron chi connectivity index (χ0n) is 11.3. The van der Waals surface area contributed by atoms with E-state index in [4.69, 9.17) is 5.11 Å². The number of hydrogen-bond acceptors (Lipinski definition) is 2. The van der Waals surface area contributed by atoms with E-state index in [9.17, 15) is 4.79 Å². The molecule has 0 spiro atoms. The number of benzene rings is 1. The van der Waals surface area contributed by atoms with Crippen LogP contribution in [0.4, 0.5) is 0 Å². The largest absolute Gasteiger partial charge is 0.395 e. The highest BCUT2D eigenvalue weighted by atomic mass is 16.2. The van der Waals surface area contributed by atoms with Crippen molar-refractivity contribution >= 4 is 5.91 Å². The van der Waals surface area contributed by atoms with E-state index in [1.54, 1.807) is 0 Å². The summed E-state index contributed by atoms with van der Waals surface area (Å²) in [6.07, 6.45) is 2.66. The van der Waals surface area contributed by atoms with E-state index >= 15 is 0 Å². The molecule has 1 aliphatic heterocycles. The fraction of sp³-hybridized carbons (Fsp3) is 0.438. The molecule has 0 radical (unpaired) electrons. The maximum absolute atomic E-state index is 12.3. The van der Waals surface area contributed by atoms with Crippen molar-refractivity contribution in [1.29, 1.82) is 0 Å². The molecular weight excluding hydrogens is 238 g/mol. The third kappa shape index (κ3) is 3.59. The second-order valence-corrected chi connectivity index (χ2v) is 4.86. The van der Waals surface area contributed by atoms with Gasteiger partial charge < -0.3 is 10.0 Å². The van der Waals surface area contributed by atoms with E-state index < -0.39 is 0 Å². The Kier molecular flexibility index (Phi) is 4.59. The van der Waals surface area contributed by atoms with Gasteiger partial charge in [-0.1, -0.05) is 11.8 Å². The van der Waals surface area contributed by atoms with E-state index in [-0.39, 0.29) is 12.5 Å². The Morgan fingerprint density at radius 2 is 2.05 bits per heavy atom. The molecule has 2 rings (SSSR count). The molecule has 3 heteroatoms. The molecule has 1 N–H and O–H groups in total. The van der Waals surface area contributed by atoms with Gasteiger partial charge in [0.2, 0.25) is 0 Å². The minimum Gasteiger partial charge on any atom is -0.395 e. The molecule has 3 nitrogen and oxygen atoms in total. The van der Waals surface area contributed by atoms with Crippen molar-refractivity contribution in [1.82, 2.24) is 4.90 Å². The average Bonchev–Trinajstić information content (AvgIpc) is 2.91. The normalized spacial score (nSPS) is 14.1. The van der Waals surface area contributed by atoms with Crippen LogP contribution in [0.1, 0.15) is 40.7 Å². The van der Waals surface area contributed by atoms with Gasteiger partial charge in [-0.2, -0.15) is 0 Å². The lowest BCUT2D eigenvalue weighted by Crippen LogP contribution is -2.27. The molecule has 1 aliphatic rings. The molecule has 0 aromatic heterocycles. The highest BCUT2D eigenvalue weighted by Gasteiger charge is 2.19. The minimum atomic E-state index is 0.0678. The zero-order chi connectivity index (χ0) is 13.7. The van der Waals surface area contributed by atoms with Gasteiger partial charge in [-0.05, 0) is 43.5 Å². The minimum absolute atomic E-state index is 0.0678. The smallest absolute Gasteiger partial charge is 0.253 e. The highest BCUT2D eigenvalue weighted by molar-refractivity contribution is 5.95. The number of carbonyl (C=O) groups excluding carboxylic acids is 1. The van der Waals surface area contributed by atoms with Gasteiger partial charge in [0.25, 0.3) is 5.91 Å². The lowest BCUT2D eigenvalue weighted by molar-refractivity contribution is 0.0792. The number of carbonyl (C=O) groups is 1. The fourth-order valence-electron chi connectivity index (χ4n) is 2.30. The number of likely N-dealkylation sites (tertiary alicyclic amines) is 1. The summed E-state index contributed by atoms with van der Waals surface area (Å²) in [4.78, 5) is 14.2. The number of amides is 1. The van der Waals surface area contributed by atoms with Crippen LogP contribution >= 0.6 is 0 Å². The lowest BCUT2D eigenvalue weighted by atomic mass is 10.1. The molecule has 0 unspecified atom stereocenters. The van der Waals surface area contributed by atoms with Crippen LogP contribution < -0.4 is 0 Å². The second-order valence-electron chi connectivity index (χ2n) is 4.86. The van der Waals surface area contributed by atoms with Crippen molar-refractivity contribution in [2.75, 3.05) is 19.7 Å². The van der Waals surface area contributed by atoms with Gasteiger partial charge >= 0.3 is 0 Å². The van der Waals surface area contributed by atoms with Crippen molar-refractivity contribution in [3.8, 4) is 11.8 Å². The molecule has 1 aromatic rings. The first kappa shape index (κ1) is 13.6. The predicted molar refractivity (Wildman–Crippen MR) is 74.9 cm³/mol. The Labute approximate surface area is 114 Å². The quantitative estimate of drug-likeness (QED) is 0.823. The first-order chi connectivity index (χ1) is 9.20. The molecule has 0 atom stereocenters. The molecule has 0 saturated carbocycles. The maximum atomic E-state index is 12.3. The van der Waals surface area contributed by atoms with Crippen LogP contribution in [0.5, 0.6) is 0 Å². The monoisotopic (exact) mass is 257 g/mol. The fourth-order valence-corrected chi connectivity index (χ4v) is 2.30. The molecule has 100 valence electrons. The number of nitrogens with zero attached hydrogens (tertiary/aromatic N) is 1. The van der Waals surface area contributed by atoms with Gasteiger partial charge in [0.05, 0.1) is 6.61 Å². The first-order valence-corrected chi connectivity index (χ1v) is 6.71. The van der Waals surface area contributed by atoms with Crippen molar-refractivity contribution < 1.29 is 9.90 Å². The van der Waals surface area contributed by atoms with Gasteiger partial charge in [0.15, 0.2) is 0 Å². The van der Waals surface area contributed by atoms with Crippen molar-refractivity contribution in [3.05, 3.63) is 34.9 Å². The van der Waals surface area contributed by atoms with Gasteiger partial charge in [-0.3, -0.25) is 4.79 Å². The van der Waals surface area contributed by atoms with Crippen LogP contribution in [0, 0.1) is 18.8 Å². The van der Waals surface area contributed by atoms with Crippen LogP contribution in [0.15, 0.2) is 18.2 Å². The van der Waals surface area contributed by atoms with Gasteiger partial charge in [0.1, 0.15) is 0 Å². The molecule has 1 amide bonds. The number of aliphatic hydroxyl groups is 1. The van der Waals surface area contributed by atoms with E-state index in [1.165, 1.54) is 0 Å². The number of rotatable bonds is 2. The van der Waals surface area contributed by atoms with Gasteiger partial charge in [-0.15, -0.1) is 0 Å². The Balaban J connectivity index is 2.21. The molecule has 0 aliphatic carbocycles. The molecule has 1 heterocycles. The van der Waals surface area contributed by atoms with Crippen molar-refractivity contribution in [3.63, 3.8) is 0 Å². The SMILES string of the molecule is Cc1cc(C#CCCO)cc(C(=O)N2CCCC2)c1. The van der Waals surface area contributed by atoms with E-state index in [0.717, 1.165) is 42.6 Å². The second kappa shape index (κ2) is 6.40. The molecule has 1 fully saturated rings. The summed E-state index contributed by atoms with van der Waals surface area (Å²) in [5, 5.41) is 8.72. The Bertz CT molecular complexity index is 519. The van der Waals surface area contributed by atoms with Crippen LogP contribution in [-0.4, -0.2) is 35.6 Å². The van der Waals surface area contributed by atoms with Crippen LogP contribution in [0.2, 0.25) is 0 Å². The topological polar surface area (TPSA) is 40.5 Å². The number of hydrogen-bond donors (Lipinski definition) is 1. The average molecular weight is 257 g/mol. The summed E-state index contributed by atoms with van der Waals surface area (Å²) in [5.74, 6) is 5.98. The zero-order valence-corrected chi connectivity index (χ0v) is 11.3. The first-order valence-electron chi connectivity index (χ1n) is 6.71. The summed E-state index contributed by atoms with van der Waals surface area (Å²) < 4.78 is 0. The van der Waals surface area contributed by atoms with Gasteiger partial charge in [0, 0.05) is 30.6 Å². The summed E-state index contributed by atoms with van der Waals surface area (Å²) >= 11 is 0. The highest BCUT2D eigenvalue weighted by Crippen LogP contribution is 2.15. The summed E-state index contributed by atoms with van der Waals surface area (Å²) in [7, 11) is 0. The summed E-state index contributed by atoms with van der Waals surface area (Å²) in [6, 6.07) is 5.72. The number of aliphatic hydroxyl groups excluding tert-OH is 1. The maximum Gasteiger partial charge on any atom is 0.253 e.